The van der Waals surface area contributed by atoms with Gasteiger partial charge in [0, 0.05) is 6.54 Å². The summed E-state index contributed by atoms with van der Waals surface area (Å²) < 4.78 is 5.35. The average molecular weight is 342 g/mol. The lowest BCUT2D eigenvalue weighted by atomic mass is 10.1. The molecule has 0 aromatic heterocycles. The lowest BCUT2D eigenvalue weighted by molar-refractivity contribution is -0.138. The maximum absolute atomic E-state index is 11.7. The molecule has 0 bridgehead atoms. The van der Waals surface area contributed by atoms with Crippen LogP contribution in [0.2, 0.25) is 0 Å². The molecule has 24 heavy (non-hydrogen) atoms. The molecule has 6 nitrogen and oxygen atoms in total. The van der Waals surface area contributed by atoms with Gasteiger partial charge in [-0.2, -0.15) is 0 Å². The summed E-state index contributed by atoms with van der Waals surface area (Å²) in [5, 5.41) is 11.4. The van der Waals surface area contributed by atoms with Gasteiger partial charge in [-0.3, -0.25) is 4.79 Å². The van der Waals surface area contributed by atoms with Gasteiger partial charge >= 0.3 is 12.1 Å². The van der Waals surface area contributed by atoms with Gasteiger partial charge in [0.2, 0.25) is 0 Å². The van der Waals surface area contributed by atoms with E-state index in [-0.39, 0.29) is 6.09 Å². The van der Waals surface area contributed by atoms with Crippen molar-refractivity contribution in [3.63, 3.8) is 0 Å². The lowest BCUT2D eigenvalue weighted by Gasteiger charge is -2.08. The Kier molecular flexibility index (Phi) is 9.76. The summed E-state index contributed by atoms with van der Waals surface area (Å²) >= 11 is 0. The Morgan fingerprint density at radius 2 is 1.79 bits per heavy atom. The number of nitrogens with one attached hydrogen (secondary N) is 1. The Morgan fingerprint density at radius 1 is 1.08 bits per heavy atom. The summed E-state index contributed by atoms with van der Waals surface area (Å²) in [7, 11) is 0. The van der Waals surface area contributed by atoms with Crippen LogP contribution >= 0.6 is 0 Å². The van der Waals surface area contributed by atoms with Crippen LogP contribution in [0.15, 0.2) is 0 Å². The second-order valence-electron chi connectivity index (χ2n) is 6.89. The summed E-state index contributed by atoms with van der Waals surface area (Å²) in [5.41, 5.74) is 5.42. The minimum Gasteiger partial charge on any atom is -0.480 e. The number of rotatable bonds is 13. The van der Waals surface area contributed by atoms with Crippen LogP contribution < -0.4 is 11.1 Å². The molecule has 4 atom stereocenters. The fraction of sp³-hybridized carbons (Fsp3) is 0.889. The second-order valence-corrected chi connectivity index (χ2v) is 6.89. The molecule has 1 rings (SSSR count). The smallest absolute Gasteiger partial charge is 0.407 e. The number of carbonyl (C=O) groups excluding carboxylic acids is 1. The zero-order valence-electron chi connectivity index (χ0n) is 15.1. The van der Waals surface area contributed by atoms with Crippen molar-refractivity contribution in [1.82, 2.24) is 5.32 Å². The van der Waals surface area contributed by atoms with Gasteiger partial charge in [-0.15, -0.1) is 0 Å². The van der Waals surface area contributed by atoms with Gasteiger partial charge in [0.05, 0.1) is 6.61 Å². The Bertz CT molecular complexity index is 389. The second kappa shape index (κ2) is 11.3. The van der Waals surface area contributed by atoms with E-state index in [1.807, 2.05) is 0 Å². The SMILES string of the molecule is CCCCC1C(CCC)C1COC(=O)NCCCCC(N)C(=O)O. The zero-order chi connectivity index (χ0) is 17.9. The fourth-order valence-corrected chi connectivity index (χ4v) is 3.43. The molecule has 6 heteroatoms. The van der Waals surface area contributed by atoms with E-state index in [2.05, 4.69) is 19.2 Å². The van der Waals surface area contributed by atoms with Crippen molar-refractivity contribution in [1.29, 1.82) is 0 Å². The number of amides is 1. The van der Waals surface area contributed by atoms with Crippen LogP contribution in [0, 0.1) is 17.8 Å². The first kappa shape index (κ1) is 20.7. The number of carboxylic acids is 1. The maximum atomic E-state index is 11.7. The van der Waals surface area contributed by atoms with Gasteiger partial charge in [-0.1, -0.05) is 39.5 Å². The van der Waals surface area contributed by atoms with Crippen molar-refractivity contribution in [2.24, 2.45) is 23.5 Å². The molecule has 1 fully saturated rings. The fourth-order valence-electron chi connectivity index (χ4n) is 3.43. The van der Waals surface area contributed by atoms with Gasteiger partial charge in [-0.25, -0.2) is 4.79 Å². The van der Waals surface area contributed by atoms with E-state index in [1.54, 1.807) is 0 Å². The van der Waals surface area contributed by atoms with Crippen molar-refractivity contribution in [3.05, 3.63) is 0 Å². The molecule has 1 saturated carbocycles. The quantitative estimate of drug-likeness (QED) is 0.446. The number of carbonyl (C=O) groups is 2. The number of aliphatic carboxylic acids is 1. The summed E-state index contributed by atoms with van der Waals surface area (Å²) in [6.07, 6.45) is 7.58. The van der Waals surface area contributed by atoms with E-state index in [0.717, 1.165) is 11.8 Å². The molecule has 0 aliphatic heterocycles. The predicted molar refractivity (Wildman–Crippen MR) is 93.7 cm³/mol. The molecule has 0 saturated heterocycles. The standard InChI is InChI=1S/C18H34N2O4/c1-3-5-9-14-13(8-4-2)15(14)12-24-18(23)20-11-7-6-10-16(19)17(21)22/h13-16H,3-12,19H2,1-2H3,(H,20,23)(H,21,22). The monoisotopic (exact) mass is 342 g/mol. The number of hydrogen-bond acceptors (Lipinski definition) is 4. The van der Waals surface area contributed by atoms with Gasteiger partial charge < -0.3 is 20.9 Å². The number of hydrogen-bond donors (Lipinski definition) is 3. The van der Waals surface area contributed by atoms with E-state index < -0.39 is 12.0 Å². The van der Waals surface area contributed by atoms with E-state index in [0.29, 0.717) is 38.3 Å². The molecule has 1 aliphatic carbocycles. The molecular weight excluding hydrogens is 308 g/mol. The number of alkyl carbamates (subject to hydrolysis) is 1. The molecule has 1 aliphatic rings. The lowest BCUT2D eigenvalue weighted by Crippen LogP contribution is -2.30. The predicted octanol–water partition coefficient (Wildman–Crippen LogP) is 3.15. The van der Waals surface area contributed by atoms with E-state index >= 15 is 0 Å². The van der Waals surface area contributed by atoms with Gasteiger partial charge in [0.1, 0.15) is 6.04 Å². The first-order chi connectivity index (χ1) is 11.5. The molecule has 1 amide bonds. The van der Waals surface area contributed by atoms with Crippen molar-refractivity contribution in [3.8, 4) is 0 Å². The van der Waals surface area contributed by atoms with Crippen molar-refractivity contribution >= 4 is 12.1 Å². The zero-order valence-corrected chi connectivity index (χ0v) is 15.1. The van der Waals surface area contributed by atoms with Crippen LogP contribution in [0.5, 0.6) is 0 Å². The van der Waals surface area contributed by atoms with Crippen LogP contribution in [0.4, 0.5) is 4.79 Å². The Labute approximate surface area is 145 Å². The first-order valence-corrected chi connectivity index (χ1v) is 9.40. The normalized spacial score (nSPS) is 23.5. The molecule has 4 unspecified atom stereocenters. The van der Waals surface area contributed by atoms with E-state index in [4.69, 9.17) is 15.6 Å². The van der Waals surface area contributed by atoms with E-state index in [9.17, 15) is 9.59 Å². The van der Waals surface area contributed by atoms with Crippen LogP contribution in [0.25, 0.3) is 0 Å². The Morgan fingerprint density at radius 3 is 2.42 bits per heavy atom. The molecule has 0 aromatic carbocycles. The highest BCUT2D eigenvalue weighted by Gasteiger charge is 2.48. The third-order valence-electron chi connectivity index (χ3n) is 4.96. The average Bonchev–Trinajstić information content (AvgIpc) is 3.21. The largest absolute Gasteiger partial charge is 0.480 e. The molecule has 0 heterocycles. The van der Waals surface area contributed by atoms with Crippen LogP contribution in [0.1, 0.15) is 65.2 Å². The number of ether oxygens (including phenoxy) is 1. The van der Waals surface area contributed by atoms with Crippen LogP contribution in [-0.4, -0.2) is 36.4 Å². The number of unbranched alkanes of at least 4 members (excludes halogenated alkanes) is 2. The van der Waals surface area contributed by atoms with E-state index in [1.165, 1.54) is 32.1 Å². The van der Waals surface area contributed by atoms with Gasteiger partial charge in [-0.05, 0) is 43.4 Å². The van der Waals surface area contributed by atoms with Crippen molar-refractivity contribution in [2.45, 2.75) is 71.3 Å². The molecule has 0 aromatic rings. The highest BCUT2D eigenvalue weighted by molar-refractivity contribution is 5.72. The summed E-state index contributed by atoms with van der Waals surface area (Å²) in [6.45, 7) is 5.43. The number of carboxylic acid groups (broad SMARTS) is 1. The van der Waals surface area contributed by atoms with Crippen LogP contribution in [0.3, 0.4) is 0 Å². The first-order valence-electron chi connectivity index (χ1n) is 9.40. The third kappa shape index (κ3) is 7.51. The maximum Gasteiger partial charge on any atom is 0.407 e. The van der Waals surface area contributed by atoms with Gasteiger partial charge in [0.15, 0.2) is 0 Å². The molecular formula is C18H34N2O4. The third-order valence-corrected chi connectivity index (χ3v) is 4.96. The molecule has 0 radical (unpaired) electrons. The summed E-state index contributed by atoms with van der Waals surface area (Å²) in [5.74, 6) is 1.02. The highest BCUT2D eigenvalue weighted by Crippen LogP contribution is 2.52. The molecule has 0 spiro atoms. The summed E-state index contributed by atoms with van der Waals surface area (Å²) in [4.78, 5) is 22.3. The van der Waals surface area contributed by atoms with Crippen LogP contribution in [-0.2, 0) is 9.53 Å². The minimum atomic E-state index is -0.980. The molecule has 140 valence electrons. The number of nitrogens with two attached hydrogens (primary N) is 1. The minimum absolute atomic E-state index is 0.367. The van der Waals surface area contributed by atoms with Gasteiger partial charge in [0.25, 0.3) is 0 Å². The van der Waals surface area contributed by atoms with Crippen molar-refractivity contribution in [2.75, 3.05) is 13.2 Å². The molecule has 4 N–H and O–H groups in total. The summed E-state index contributed by atoms with van der Waals surface area (Å²) in [6, 6.07) is -0.817. The Balaban J connectivity index is 2.09. The highest BCUT2D eigenvalue weighted by atomic mass is 16.5. The Hall–Kier alpha value is -1.30. The van der Waals surface area contributed by atoms with Crippen molar-refractivity contribution < 1.29 is 19.4 Å². The topological polar surface area (TPSA) is 102 Å².